The van der Waals surface area contributed by atoms with Crippen LogP contribution in [-0.4, -0.2) is 12.4 Å². The molecule has 1 aromatic heterocycles. The van der Waals surface area contributed by atoms with E-state index in [4.69, 9.17) is 9.15 Å². The first-order valence-electron chi connectivity index (χ1n) is 5.28. The lowest BCUT2D eigenvalue weighted by Gasteiger charge is -2.13. The highest BCUT2D eigenvalue weighted by atomic mass is 16.5. The second-order valence-electron chi connectivity index (χ2n) is 3.99. The molecule has 0 N–H and O–H groups in total. The van der Waals surface area contributed by atoms with Crippen LogP contribution < -0.4 is 0 Å². The molecule has 0 saturated carbocycles. The molecule has 3 heteroatoms. The van der Waals surface area contributed by atoms with Gasteiger partial charge in [0.2, 0.25) is 0 Å². The van der Waals surface area contributed by atoms with Gasteiger partial charge in [-0.2, -0.15) is 0 Å². The van der Waals surface area contributed by atoms with Gasteiger partial charge in [-0.1, -0.05) is 0 Å². The van der Waals surface area contributed by atoms with Gasteiger partial charge in [0.15, 0.2) is 5.78 Å². The van der Waals surface area contributed by atoms with Crippen molar-refractivity contribution in [2.24, 2.45) is 0 Å². The van der Waals surface area contributed by atoms with Crippen LogP contribution in [-0.2, 0) is 9.53 Å². The summed E-state index contributed by atoms with van der Waals surface area (Å²) in [5.41, 5.74) is 0.858. The minimum absolute atomic E-state index is 0.0304. The van der Waals surface area contributed by atoms with Crippen molar-refractivity contribution in [2.45, 2.75) is 25.2 Å². The highest BCUT2D eigenvalue weighted by Gasteiger charge is 2.36. The zero-order valence-corrected chi connectivity index (χ0v) is 8.36. The number of furan rings is 1. The molecule has 0 saturated heterocycles. The number of hydrogen-bond donors (Lipinski definition) is 0. The van der Waals surface area contributed by atoms with E-state index in [1.54, 1.807) is 6.26 Å². The molecule has 0 spiro atoms. The summed E-state index contributed by atoms with van der Waals surface area (Å²) in [6, 6.07) is 3.76. The minimum Gasteiger partial charge on any atom is -0.496 e. The molecule has 0 bridgehead atoms. The third-order valence-electron chi connectivity index (χ3n) is 3.07. The first-order valence-corrected chi connectivity index (χ1v) is 5.28. The molecule has 2 aliphatic rings. The van der Waals surface area contributed by atoms with Crippen molar-refractivity contribution >= 4 is 5.78 Å². The number of Topliss-reactive ketones (excluding diaryl/α,β-unsaturated/α-hetero) is 1. The molecule has 1 atom stereocenters. The van der Waals surface area contributed by atoms with E-state index in [1.807, 2.05) is 12.1 Å². The number of ether oxygens (including phenoxy) is 1. The molecule has 3 nitrogen and oxygen atoms in total. The Kier molecular flexibility index (Phi) is 1.91. The molecule has 3 rings (SSSR count). The first-order chi connectivity index (χ1) is 7.36. The van der Waals surface area contributed by atoms with Gasteiger partial charge in [-0.15, -0.1) is 0 Å². The van der Waals surface area contributed by atoms with E-state index in [2.05, 4.69) is 0 Å². The average molecular weight is 204 g/mol. The van der Waals surface area contributed by atoms with Gasteiger partial charge >= 0.3 is 0 Å². The molecule has 1 aliphatic carbocycles. The Morgan fingerprint density at radius 3 is 3.07 bits per heavy atom. The zero-order chi connectivity index (χ0) is 10.3. The number of ketones is 1. The first kappa shape index (κ1) is 8.77. The van der Waals surface area contributed by atoms with Crippen LogP contribution in [0.5, 0.6) is 0 Å². The highest BCUT2D eigenvalue weighted by molar-refractivity contribution is 5.98. The van der Waals surface area contributed by atoms with E-state index < -0.39 is 0 Å². The van der Waals surface area contributed by atoms with E-state index in [1.165, 1.54) is 0 Å². The van der Waals surface area contributed by atoms with E-state index >= 15 is 0 Å². The fraction of sp³-hybridized carbons (Fsp3) is 0.417. The van der Waals surface area contributed by atoms with Crippen LogP contribution in [0.3, 0.4) is 0 Å². The number of carbonyl (C=O) groups excluding carboxylic acids is 1. The van der Waals surface area contributed by atoms with Crippen LogP contribution in [0.15, 0.2) is 34.1 Å². The molecular weight excluding hydrogens is 192 g/mol. The summed E-state index contributed by atoms with van der Waals surface area (Å²) < 4.78 is 10.9. The largest absolute Gasteiger partial charge is 0.496 e. The van der Waals surface area contributed by atoms with Gasteiger partial charge in [0, 0.05) is 18.4 Å². The molecular formula is C12H12O3. The lowest BCUT2D eigenvalue weighted by molar-refractivity contribution is -0.116. The van der Waals surface area contributed by atoms with Crippen molar-refractivity contribution in [1.29, 1.82) is 0 Å². The van der Waals surface area contributed by atoms with Gasteiger partial charge in [-0.3, -0.25) is 4.79 Å². The SMILES string of the molecule is O=C1CCCC2=C1C(c1ccco1)CO2. The lowest BCUT2D eigenvalue weighted by Crippen LogP contribution is -2.13. The van der Waals surface area contributed by atoms with Crippen molar-refractivity contribution in [3.8, 4) is 0 Å². The van der Waals surface area contributed by atoms with E-state index in [9.17, 15) is 4.79 Å². The number of rotatable bonds is 1. The summed E-state index contributed by atoms with van der Waals surface area (Å²) in [6.45, 7) is 0.559. The third-order valence-corrected chi connectivity index (χ3v) is 3.07. The molecule has 0 amide bonds. The standard InChI is InChI=1S/C12H12O3/c13-9-3-1-4-11-12(9)8(7-15-11)10-5-2-6-14-10/h2,5-6,8H,1,3-4,7H2. The highest BCUT2D eigenvalue weighted by Crippen LogP contribution is 2.39. The molecule has 15 heavy (non-hydrogen) atoms. The fourth-order valence-electron chi connectivity index (χ4n) is 2.35. The topological polar surface area (TPSA) is 39.4 Å². The molecule has 78 valence electrons. The second kappa shape index (κ2) is 3.26. The Balaban J connectivity index is 2.00. The zero-order valence-electron chi connectivity index (χ0n) is 8.36. The molecule has 1 unspecified atom stereocenters. The number of allylic oxidation sites excluding steroid dienone is 1. The Hall–Kier alpha value is -1.51. The van der Waals surface area contributed by atoms with Gasteiger partial charge < -0.3 is 9.15 Å². The lowest BCUT2D eigenvalue weighted by atomic mass is 9.88. The van der Waals surface area contributed by atoms with Gasteiger partial charge in [0.1, 0.15) is 18.1 Å². The Morgan fingerprint density at radius 1 is 1.33 bits per heavy atom. The van der Waals surface area contributed by atoms with E-state index in [-0.39, 0.29) is 11.7 Å². The van der Waals surface area contributed by atoms with Gasteiger partial charge in [-0.25, -0.2) is 0 Å². The molecule has 0 radical (unpaired) electrons. The van der Waals surface area contributed by atoms with Crippen LogP contribution in [0.4, 0.5) is 0 Å². The van der Waals surface area contributed by atoms with Crippen molar-refractivity contribution in [3.63, 3.8) is 0 Å². The predicted molar refractivity (Wildman–Crippen MR) is 53.3 cm³/mol. The third kappa shape index (κ3) is 1.30. The molecule has 0 aromatic carbocycles. The number of hydrogen-bond acceptors (Lipinski definition) is 3. The maximum Gasteiger partial charge on any atom is 0.163 e. The van der Waals surface area contributed by atoms with E-state index in [0.29, 0.717) is 13.0 Å². The van der Waals surface area contributed by atoms with Gasteiger partial charge in [0.05, 0.1) is 12.2 Å². The fourth-order valence-corrected chi connectivity index (χ4v) is 2.35. The van der Waals surface area contributed by atoms with Gasteiger partial charge in [-0.05, 0) is 18.6 Å². The maximum absolute atomic E-state index is 11.8. The van der Waals surface area contributed by atoms with Crippen molar-refractivity contribution in [3.05, 3.63) is 35.5 Å². The Morgan fingerprint density at radius 2 is 2.27 bits per heavy atom. The minimum atomic E-state index is 0.0304. The van der Waals surface area contributed by atoms with Crippen LogP contribution in [0, 0.1) is 0 Å². The summed E-state index contributed by atoms with van der Waals surface area (Å²) in [7, 11) is 0. The Bertz CT molecular complexity index is 414. The summed E-state index contributed by atoms with van der Waals surface area (Å²) >= 11 is 0. The quantitative estimate of drug-likeness (QED) is 0.705. The second-order valence-corrected chi connectivity index (χ2v) is 3.99. The van der Waals surface area contributed by atoms with Crippen molar-refractivity contribution in [1.82, 2.24) is 0 Å². The average Bonchev–Trinajstić information content (AvgIpc) is 2.85. The molecule has 0 fully saturated rings. The Labute approximate surface area is 87.7 Å². The molecule has 1 aromatic rings. The monoisotopic (exact) mass is 204 g/mol. The summed E-state index contributed by atoms with van der Waals surface area (Å²) in [6.07, 6.45) is 4.11. The van der Waals surface area contributed by atoms with Crippen LogP contribution in [0.2, 0.25) is 0 Å². The summed E-state index contributed by atoms with van der Waals surface area (Å²) in [4.78, 5) is 11.8. The van der Waals surface area contributed by atoms with Gasteiger partial charge in [0.25, 0.3) is 0 Å². The number of carbonyl (C=O) groups is 1. The predicted octanol–water partition coefficient (Wildman–Crippen LogP) is 2.40. The normalized spacial score (nSPS) is 25.3. The smallest absolute Gasteiger partial charge is 0.163 e. The summed E-state index contributed by atoms with van der Waals surface area (Å²) in [5, 5.41) is 0. The summed E-state index contributed by atoms with van der Waals surface area (Å²) in [5.74, 6) is 2.00. The van der Waals surface area contributed by atoms with Crippen LogP contribution in [0.1, 0.15) is 30.9 Å². The maximum atomic E-state index is 11.8. The molecule has 2 heterocycles. The van der Waals surface area contributed by atoms with E-state index in [0.717, 1.165) is 29.9 Å². The van der Waals surface area contributed by atoms with Crippen molar-refractivity contribution in [2.75, 3.05) is 6.61 Å². The molecule has 1 aliphatic heterocycles. The van der Waals surface area contributed by atoms with Crippen molar-refractivity contribution < 1.29 is 13.9 Å². The van der Waals surface area contributed by atoms with Crippen LogP contribution >= 0.6 is 0 Å². The van der Waals surface area contributed by atoms with Crippen LogP contribution in [0.25, 0.3) is 0 Å².